The van der Waals surface area contributed by atoms with Gasteiger partial charge in [0.15, 0.2) is 0 Å². The number of hydrogen-bond donors (Lipinski definition) is 0. The van der Waals surface area contributed by atoms with Crippen LogP contribution in [0.2, 0.25) is 0 Å². The molecule has 1 rings (SSSR count). The van der Waals surface area contributed by atoms with Crippen LogP contribution in [-0.2, 0) is 0 Å². The summed E-state index contributed by atoms with van der Waals surface area (Å²) in [6.45, 7) is 11.2. The predicted octanol–water partition coefficient (Wildman–Crippen LogP) is 4.76. The fourth-order valence-corrected chi connectivity index (χ4v) is 2.33. The Morgan fingerprint density at radius 3 is 1.82 bits per heavy atom. The highest BCUT2D eigenvalue weighted by Gasteiger charge is 2.16. The van der Waals surface area contributed by atoms with Crippen molar-refractivity contribution >= 4 is 5.71 Å². The van der Waals surface area contributed by atoms with Crippen molar-refractivity contribution in [1.29, 1.82) is 0 Å². The number of benzene rings is 1. The van der Waals surface area contributed by atoms with Gasteiger partial charge in [-0.25, -0.2) is 0 Å². The molecule has 0 unspecified atom stereocenters. The first kappa shape index (κ1) is 14.0. The van der Waals surface area contributed by atoms with Crippen LogP contribution in [0.15, 0.2) is 23.2 Å². The summed E-state index contributed by atoms with van der Waals surface area (Å²) in [5.41, 5.74) is 5.48. The molecule has 0 radical (unpaired) electrons. The van der Waals surface area contributed by atoms with Crippen molar-refractivity contribution in [3.8, 4) is 0 Å². The van der Waals surface area contributed by atoms with E-state index in [4.69, 9.17) is 0 Å². The largest absolute Gasteiger partial charge is 0.292 e. The smallest absolute Gasteiger partial charge is 0.0420 e. The fourth-order valence-electron chi connectivity index (χ4n) is 2.33. The van der Waals surface area contributed by atoms with Crippen LogP contribution in [0.4, 0.5) is 0 Å². The second kappa shape index (κ2) is 6.00. The van der Waals surface area contributed by atoms with Crippen molar-refractivity contribution in [2.24, 2.45) is 4.99 Å². The Hall–Kier alpha value is -1.11. The zero-order chi connectivity index (χ0) is 13.0. The van der Waals surface area contributed by atoms with Crippen molar-refractivity contribution < 1.29 is 0 Å². The molecule has 0 aliphatic rings. The summed E-state index contributed by atoms with van der Waals surface area (Å²) >= 11 is 0. The summed E-state index contributed by atoms with van der Waals surface area (Å²) in [5.74, 6) is 1.10. The second-order valence-electron chi connectivity index (χ2n) is 5.14. The standard InChI is InChI=1S/C16H25N/c1-7-15(17-6)16-13(11(2)3)9-8-10-14(16)12(4)5/h8-12H,7H2,1-6H3. The van der Waals surface area contributed by atoms with Gasteiger partial charge in [-0.05, 0) is 29.4 Å². The van der Waals surface area contributed by atoms with E-state index in [0.29, 0.717) is 11.8 Å². The molecule has 0 spiro atoms. The first-order valence-corrected chi connectivity index (χ1v) is 6.61. The first-order valence-electron chi connectivity index (χ1n) is 6.61. The minimum absolute atomic E-state index is 0.548. The molecule has 0 aromatic heterocycles. The minimum atomic E-state index is 0.548. The normalized spacial score (nSPS) is 12.6. The van der Waals surface area contributed by atoms with Crippen molar-refractivity contribution in [3.63, 3.8) is 0 Å². The summed E-state index contributed by atoms with van der Waals surface area (Å²) < 4.78 is 0. The maximum absolute atomic E-state index is 4.48. The van der Waals surface area contributed by atoms with Crippen molar-refractivity contribution in [2.75, 3.05) is 7.05 Å². The molecule has 1 heteroatoms. The summed E-state index contributed by atoms with van der Waals surface area (Å²) in [6, 6.07) is 6.66. The molecule has 1 nitrogen and oxygen atoms in total. The van der Waals surface area contributed by atoms with Gasteiger partial charge in [-0.3, -0.25) is 4.99 Å². The average molecular weight is 231 g/mol. The maximum atomic E-state index is 4.48. The molecule has 0 aliphatic heterocycles. The summed E-state index contributed by atoms with van der Waals surface area (Å²) in [7, 11) is 1.90. The van der Waals surface area contributed by atoms with E-state index >= 15 is 0 Å². The van der Waals surface area contributed by atoms with Gasteiger partial charge in [0.1, 0.15) is 0 Å². The molecule has 0 bridgehead atoms. The third-order valence-electron chi connectivity index (χ3n) is 3.27. The van der Waals surface area contributed by atoms with E-state index in [2.05, 4.69) is 57.8 Å². The third kappa shape index (κ3) is 2.96. The first-order chi connectivity index (χ1) is 8.02. The van der Waals surface area contributed by atoms with E-state index in [1.165, 1.54) is 22.4 Å². The molecular formula is C16H25N. The van der Waals surface area contributed by atoms with Gasteiger partial charge < -0.3 is 0 Å². The molecule has 0 saturated carbocycles. The van der Waals surface area contributed by atoms with Crippen molar-refractivity contribution in [1.82, 2.24) is 0 Å². The molecule has 0 atom stereocenters. The lowest BCUT2D eigenvalue weighted by Gasteiger charge is -2.20. The van der Waals surface area contributed by atoms with Crippen LogP contribution < -0.4 is 0 Å². The molecule has 94 valence electrons. The molecule has 0 amide bonds. The lowest BCUT2D eigenvalue weighted by Crippen LogP contribution is -2.10. The van der Waals surface area contributed by atoms with Gasteiger partial charge in [-0.15, -0.1) is 0 Å². The van der Waals surface area contributed by atoms with E-state index in [-0.39, 0.29) is 0 Å². The molecule has 17 heavy (non-hydrogen) atoms. The molecular weight excluding hydrogens is 206 g/mol. The fraction of sp³-hybridized carbons (Fsp3) is 0.562. The third-order valence-corrected chi connectivity index (χ3v) is 3.27. The lowest BCUT2D eigenvalue weighted by atomic mass is 9.85. The number of rotatable bonds is 4. The summed E-state index contributed by atoms with van der Waals surface area (Å²) in [5, 5.41) is 0. The van der Waals surface area contributed by atoms with E-state index in [1.807, 2.05) is 7.05 Å². The quantitative estimate of drug-likeness (QED) is 0.662. The van der Waals surface area contributed by atoms with Gasteiger partial charge in [-0.1, -0.05) is 52.8 Å². The van der Waals surface area contributed by atoms with Crippen molar-refractivity contribution in [3.05, 3.63) is 34.9 Å². The highest BCUT2D eigenvalue weighted by molar-refractivity contribution is 6.03. The zero-order valence-electron chi connectivity index (χ0n) is 12.0. The molecule has 0 heterocycles. The molecule has 1 aromatic rings. The Labute approximate surface area is 106 Å². The monoisotopic (exact) mass is 231 g/mol. The number of aliphatic imine (C=N–C) groups is 1. The van der Waals surface area contributed by atoms with Crippen LogP contribution in [0.1, 0.15) is 69.6 Å². The summed E-state index contributed by atoms with van der Waals surface area (Å²) in [6.07, 6.45) is 1.000. The number of hydrogen-bond acceptors (Lipinski definition) is 1. The van der Waals surface area contributed by atoms with Crippen LogP contribution in [0.5, 0.6) is 0 Å². The number of nitrogens with zero attached hydrogens (tertiary/aromatic N) is 1. The highest BCUT2D eigenvalue weighted by atomic mass is 14.7. The van der Waals surface area contributed by atoms with E-state index < -0.39 is 0 Å². The average Bonchev–Trinajstić information content (AvgIpc) is 2.30. The van der Waals surface area contributed by atoms with Gasteiger partial charge >= 0.3 is 0 Å². The predicted molar refractivity (Wildman–Crippen MR) is 77.4 cm³/mol. The maximum Gasteiger partial charge on any atom is 0.0420 e. The van der Waals surface area contributed by atoms with Gasteiger partial charge in [0, 0.05) is 18.3 Å². The Morgan fingerprint density at radius 2 is 1.53 bits per heavy atom. The molecule has 0 saturated heterocycles. The highest BCUT2D eigenvalue weighted by Crippen LogP contribution is 2.28. The van der Waals surface area contributed by atoms with Crippen molar-refractivity contribution in [2.45, 2.75) is 52.9 Å². The lowest BCUT2D eigenvalue weighted by molar-refractivity contribution is 0.827. The van der Waals surface area contributed by atoms with Gasteiger partial charge in [0.2, 0.25) is 0 Å². The Bertz CT molecular complexity index is 374. The molecule has 0 fully saturated rings. The van der Waals surface area contributed by atoms with Gasteiger partial charge in [-0.2, -0.15) is 0 Å². The van der Waals surface area contributed by atoms with Crippen LogP contribution in [-0.4, -0.2) is 12.8 Å². The SMILES string of the molecule is CCC(=NC)c1c(C(C)C)cccc1C(C)C. The minimum Gasteiger partial charge on any atom is -0.292 e. The van der Waals surface area contributed by atoms with Gasteiger partial charge in [0.25, 0.3) is 0 Å². The molecule has 0 N–H and O–H groups in total. The molecule has 0 aliphatic carbocycles. The van der Waals surface area contributed by atoms with E-state index in [1.54, 1.807) is 0 Å². The Kier molecular flexibility index (Phi) is 4.92. The van der Waals surface area contributed by atoms with E-state index in [0.717, 1.165) is 6.42 Å². The Morgan fingerprint density at radius 1 is 1.06 bits per heavy atom. The van der Waals surface area contributed by atoms with Crippen LogP contribution >= 0.6 is 0 Å². The van der Waals surface area contributed by atoms with Crippen LogP contribution in [0, 0.1) is 0 Å². The summed E-state index contributed by atoms with van der Waals surface area (Å²) in [4.78, 5) is 4.48. The van der Waals surface area contributed by atoms with E-state index in [9.17, 15) is 0 Å². The molecule has 1 aromatic carbocycles. The van der Waals surface area contributed by atoms with Crippen LogP contribution in [0.25, 0.3) is 0 Å². The van der Waals surface area contributed by atoms with Gasteiger partial charge in [0.05, 0.1) is 0 Å². The topological polar surface area (TPSA) is 12.4 Å². The zero-order valence-corrected chi connectivity index (χ0v) is 12.0. The second-order valence-corrected chi connectivity index (χ2v) is 5.14. The van der Waals surface area contributed by atoms with Crippen LogP contribution in [0.3, 0.4) is 0 Å². The Balaban J connectivity index is 3.49.